The zero-order valence-electron chi connectivity index (χ0n) is 9.92. The second-order valence-electron chi connectivity index (χ2n) is 3.94. The molecule has 0 saturated carbocycles. The number of rotatable bonds is 2. The summed E-state index contributed by atoms with van der Waals surface area (Å²) in [5.41, 5.74) is 3.55. The van der Waals surface area contributed by atoms with Gasteiger partial charge in [-0.1, -0.05) is 27.3 Å². The quantitative estimate of drug-likeness (QED) is 0.782. The fourth-order valence-corrected chi connectivity index (χ4v) is 2.71. The Hall–Kier alpha value is -1.73. The van der Waals surface area contributed by atoms with E-state index < -0.39 is 0 Å². The van der Waals surface area contributed by atoms with Crippen LogP contribution in [0.2, 0.25) is 0 Å². The number of carbonyl (C=O) groups excluding carboxylic acids is 1. The van der Waals surface area contributed by atoms with Crippen LogP contribution in [0.15, 0.2) is 34.2 Å². The summed E-state index contributed by atoms with van der Waals surface area (Å²) in [6, 6.07) is 7.40. The summed E-state index contributed by atoms with van der Waals surface area (Å²) in [5.74, 6) is -0.210. The molecule has 5 nitrogen and oxygen atoms in total. The molecule has 96 valence electrons. The van der Waals surface area contributed by atoms with Gasteiger partial charge in [-0.2, -0.15) is 9.61 Å². The Morgan fingerprint density at radius 2 is 2.11 bits per heavy atom. The number of aryl methyl sites for hydroxylation is 1. The van der Waals surface area contributed by atoms with Gasteiger partial charge in [0.2, 0.25) is 4.96 Å². The molecule has 0 aliphatic rings. The number of nitrogens with zero attached hydrogens (tertiary/aromatic N) is 3. The number of anilines is 1. The van der Waals surface area contributed by atoms with Gasteiger partial charge < -0.3 is 5.32 Å². The van der Waals surface area contributed by atoms with Crippen LogP contribution in [0.1, 0.15) is 16.2 Å². The summed E-state index contributed by atoms with van der Waals surface area (Å²) in [5, 5.41) is 6.96. The van der Waals surface area contributed by atoms with E-state index in [4.69, 9.17) is 0 Å². The maximum atomic E-state index is 12.3. The SMILES string of the molecule is Cc1nc2scnn2c1C(=O)Nc1ccc(Br)cc1. The van der Waals surface area contributed by atoms with Gasteiger partial charge in [-0.15, -0.1) is 0 Å². The lowest BCUT2D eigenvalue weighted by Gasteiger charge is -2.04. The van der Waals surface area contributed by atoms with E-state index >= 15 is 0 Å². The standard InChI is InChI=1S/C12H9BrN4OS/c1-7-10(17-12(15-7)19-6-14-17)11(18)16-9-4-2-8(13)3-5-9/h2-6H,1H3,(H,16,18). The summed E-state index contributed by atoms with van der Waals surface area (Å²) in [4.78, 5) is 17.3. The molecule has 19 heavy (non-hydrogen) atoms. The highest BCUT2D eigenvalue weighted by molar-refractivity contribution is 9.10. The highest BCUT2D eigenvalue weighted by Gasteiger charge is 2.18. The molecule has 2 heterocycles. The number of imidazole rings is 1. The van der Waals surface area contributed by atoms with E-state index in [1.807, 2.05) is 24.3 Å². The van der Waals surface area contributed by atoms with Crippen molar-refractivity contribution in [2.24, 2.45) is 0 Å². The molecule has 3 aromatic rings. The zero-order valence-corrected chi connectivity index (χ0v) is 12.3. The minimum atomic E-state index is -0.210. The van der Waals surface area contributed by atoms with E-state index in [0.29, 0.717) is 11.4 Å². The molecular formula is C12H9BrN4OS. The van der Waals surface area contributed by atoms with Gasteiger partial charge >= 0.3 is 0 Å². The maximum absolute atomic E-state index is 12.3. The summed E-state index contributed by atoms with van der Waals surface area (Å²) in [6.45, 7) is 1.80. The number of amides is 1. The van der Waals surface area contributed by atoms with E-state index in [2.05, 4.69) is 31.3 Å². The van der Waals surface area contributed by atoms with E-state index in [1.54, 1.807) is 16.9 Å². The third-order valence-electron chi connectivity index (χ3n) is 2.64. The molecule has 0 aliphatic heterocycles. The van der Waals surface area contributed by atoms with Crippen LogP contribution >= 0.6 is 27.3 Å². The van der Waals surface area contributed by atoms with Crippen LogP contribution in [0, 0.1) is 6.92 Å². The highest BCUT2D eigenvalue weighted by Crippen LogP contribution is 2.18. The minimum absolute atomic E-state index is 0.210. The molecule has 0 atom stereocenters. The molecule has 1 N–H and O–H groups in total. The third kappa shape index (κ3) is 2.26. The molecule has 0 aliphatic carbocycles. The number of nitrogens with one attached hydrogen (secondary N) is 1. The van der Waals surface area contributed by atoms with Crippen molar-refractivity contribution in [2.75, 3.05) is 5.32 Å². The molecule has 2 aromatic heterocycles. The molecule has 0 unspecified atom stereocenters. The van der Waals surface area contributed by atoms with Gasteiger partial charge in [-0.3, -0.25) is 4.79 Å². The van der Waals surface area contributed by atoms with Crippen LogP contribution in [0.25, 0.3) is 4.96 Å². The largest absolute Gasteiger partial charge is 0.321 e. The van der Waals surface area contributed by atoms with Crippen LogP contribution in [-0.4, -0.2) is 20.5 Å². The average molecular weight is 337 g/mol. The Morgan fingerprint density at radius 1 is 1.37 bits per heavy atom. The predicted octanol–water partition coefficient (Wildman–Crippen LogP) is 3.11. The lowest BCUT2D eigenvalue weighted by atomic mass is 10.3. The minimum Gasteiger partial charge on any atom is -0.321 e. The van der Waals surface area contributed by atoms with Crippen molar-refractivity contribution < 1.29 is 4.79 Å². The van der Waals surface area contributed by atoms with Crippen molar-refractivity contribution in [1.29, 1.82) is 0 Å². The Morgan fingerprint density at radius 3 is 2.84 bits per heavy atom. The average Bonchev–Trinajstić information content (AvgIpc) is 2.91. The second kappa shape index (κ2) is 4.75. The molecule has 1 aromatic carbocycles. The van der Waals surface area contributed by atoms with Crippen molar-refractivity contribution >= 4 is 43.8 Å². The molecule has 0 saturated heterocycles. The normalized spacial score (nSPS) is 10.8. The first-order valence-electron chi connectivity index (χ1n) is 5.51. The maximum Gasteiger partial charge on any atom is 0.276 e. The first kappa shape index (κ1) is 12.3. The fourth-order valence-electron chi connectivity index (χ4n) is 1.78. The lowest BCUT2D eigenvalue weighted by Crippen LogP contribution is -2.15. The number of aromatic nitrogens is 3. The molecule has 3 rings (SSSR count). The van der Waals surface area contributed by atoms with Gasteiger partial charge in [0.1, 0.15) is 5.51 Å². The number of carbonyl (C=O) groups is 1. The van der Waals surface area contributed by atoms with Crippen LogP contribution in [-0.2, 0) is 0 Å². The first-order valence-corrected chi connectivity index (χ1v) is 7.18. The topological polar surface area (TPSA) is 59.3 Å². The molecule has 0 bridgehead atoms. The monoisotopic (exact) mass is 336 g/mol. The summed E-state index contributed by atoms with van der Waals surface area (Å²) in [6.07, 6.45) is 0. The molecule has 7 heteroatoms. The zero-order chi connectivity index (χ0) is 13.4. The van der Waals surface area contributed by atoms with Gasteiger partial charge in [-0.25, -0.2) is 4.98 Å². The van der Waals surface area contributed by atoms with E-state index in [9.17, 15) is 4.79 Å². The first-order chi connectivity index (χ1) is 9.15. The van der Waals surface area contributed by atoms with E-state index in [0.717, 1.165) is 15.1 Å². The molecule has 0 radical (unpaired) electrons. The number of halogens is 1. The number of benzene rings is 1. The Labute approximate surface area is 121 Å². The highest BCUT2D eigenvalue weighted by atomic mass is 79.9. The number of hydrogen-bond donors (Lipinski definition) is 1. The smallest absolute Gasteiger partial charge is 0.276 e. The van der Waals surface area contributed by atoms with Gasteiger partial charge in [0.25, 0.3) is 5.91 Å². The van der Waals surface area contributed by atoms with Crippen LogP contribution in [0.4, 0.5) is 5.69 Å². The predicted molar refractivity (Wildman–Crippen MR) is 77.7 cm³/mol. The Balaban J connectivity index is 1.93. The Bertz CT molecular complexity index is 747. The molecular weight excluding hydrogens is 328 g/mol. The second-order valence-corrected chi connectivity index (χ2v) is 5.67. The van der Waals surface area contributed by atoms with Crippen molar-refractivity contribution in [3.8, 4) is 0 Å². The molecule has 0 fully saturated rings. The molecule has 1 amide bonds. The van der Waals surface area contributed by atoms with Crippen molar-refractivity contribution in [2.45, 2.75) is 6.92 Å². The van der Waals surface area contributed by atoms with Crippen molar-refractivity contribution in [1.82, 2.24) is 14.6 Å². The van der Waals surface area contributed by atoms with Crippen molar-refractivity contribution in [3.63, 3.8) is 0 Å². The number of hydrogen-bond acceptors (Lipinski definition) is 4. The van der Waals surface area contributed by atoms with Crippen molar-refractivity contribution in [3.05, 3.63) is 45.6 Å². The third-order valence-corrected chi connectivity index (χ3v) is 3.84. The van der Waals surface area contributed by atoms with Crippen LogP contribution in [0.5, 0.6) is 0 Å². The molecule has 0 spiro atoms. The lowest BCUT2D eigenvalue weighted by molar-refractivity contribution is 0.102. The summed E-state index contributed by atoms with van der Waals surface area (Å²) >= 11 is 4.76. The van der Waals surface area contributed by atoms with E-state index in [-0.39, 0.29) is 5.91 Å². The van der Waals surface area contributed by atoms with Crippen LogP contribution < -0.4 is 5.32 Å². The van der Waals surface area contributed by atoms with Gasteiger partial charge in [-0.05, 0) is 31.2 Å². The summed E-state index contributed by atoms with van der Waals surface area (Å²) in [7, 11) is 0. The van der Waals surface area contributed by atoms with Gasteiger partial charge in [0, 0.05) is 10.2 Å². The fraction of sp³-hybridized carbons (Fsp3) is 0.0833. The number of fused-ring (bicyclic) bond motifs is 1. The summed E-state index contributed by atoms with van der Waals surface area (Å²) < 4.78 is 2.53. The van der Waals surface area contributed by atoms with E-state index in [1.165, 1.54) is 11.3 Å². The van der Waals surface area contributed by atoms with Crippen LogP contribution in [0.3, 0.4) is 0 Å². The van der Waals surface area contributed by atoms with Gasteiger partial charge in [0.15, 0.2) is 5.69 Å². The van der Waals surface area contributed by atoms with Gasteiger partial charge in [0.05, 0.1) is 5.69 Å². The Kier molecular flexibility index (Phi) is 3.08.